The van der Waals surface area contributed by atoms with Crippen LogP contribution >= 0.6 is 0 Å². The van der Waals surface area contributed by atoms with Crippen molar-refractivity contribution in [2.75, 3.05) is 13.1 Å². The molecule has 1 aliphatic heterocycles. The van der Waals surface area contributed by atoms with E-state index >= 15 is 0 Å². The first-order valence-corrected chi connectivity index (χ1v) is 25.1. The number of nitrogens with one attached hydrogen (secondary N) is 7. The maximum Gasteiger partial charge on any atom is 0.326 e. The van der Waals surface area contributed by atoms with Crippen molar-refractivity contribution in [1.82, 2.24) is 42.1 Å². The van der Waals surface area contributed by atoms with Crippen molar-refractivity contribution in [1.29, 1.82) is 0 Å². The monoisotopic (exact) mass is 1070 g/mol. The van der Waals surface area contributed by atoms with E-state index in [1.54, 1.807) is 55.4 Å². The van der Waals surface area contributed by atoms with Crippen LogP contribution in [0.2, 0.25) is 0 Å². The lowest BCUT2D eigenvalue weighted by atomic mass is 9.99. The number of nitrogens with zero attached hydrogens (tertiary/aromatic N) is 2. The molecule has 9 atom stereocenters. The van der Waals surface area contributed by atoms with Crippen LogP contribution in [0.25, 0.3) is 0 Å². The molecule has 28 heteroatoms. The predicted molar refractivity (Wildman–Crippen MR) is 271 cm³/mol. The van der Waals surface area contributed by atoms with E-state index in [4.69, 9.17) is 28.7 Å². The molecule has 0 saturated carbocycles. The van der Waals surface area contributed by atoms with Crippen LogP contribution in [0.15, 0.2) is 4.99 Å². The fraction of sp³-hybridized carbons (Fsp3) is 0.723. The number of carboxylic acids is 2. The topological polar surface area (TPSA) is 475 Å². The molecule has 0 spiro atoms. The molecule has 1 aliphatic rings. The van der Waals surface area contributed by atoms with E-state index in [0.29, 0.717) is 6.42 Å². The average molecular weight is 1070 g/mol. The van der Waals surface area contributed by atoms with Gasteiger partial charge in [-0.1, -0.05) is 55.4 Å². The predicted octanol–water partition coefficient (Wildman–Crippen LogP) is -3.75. The number of likely N-dealkylation sites (tertiary alicyclic amines) is 1. The molecule has 28 nitrogen and oxygen atoms in total. The van der Waals surface area contributed by atoms with Crippen LogP contribution < -0.4 is 65.9 Å². The summed E-state index contributed by atoms with van der Waals surface area (Å²) in [6.07, 6.45) is -1.81. The maximum atomic E-state index is 14.2. The van der Waals surface area contributed by atoms with E-state index < -0.39 is 157 Å². The second-order valence-electron chi connectivity index (χ2n) is 20.3. The van der Waals surface area contributed by atoms with Crippen LogP contribution in [0.1, 0.15) is 126 Å². The minimum Gasteiger partial charge on any atom is -0.481 e. The number of aliphatic carboxylic acids is 2. The number of carboxylic acid groups (broad SMARTS) is 2. The van der Waals surface area contributed by atoms with Crippen LogP contribution in [0.4, 0.5) is 0 Å². The molecule has 75 heavy (non-hydrogen) atoms. The second-order valence-corrected chi connectivity index (χ2v) is 20.3. The number of hydrogen-bond donors (Lipinski definition) is 14. The van der Waals surface area contributed by atoms with Gasteiger partial charge in [0.1, 0.15) is 48.3 Å². The molecule has 1 saturated heterocycles. The third kappa shape index (κ3) is 24.6. The quantitative estimate of drug-likeness (QED) is 0.0167. The van der Waals surface area contributed by atoms with Gasteiger partial charge in [0.2, 0.25) is 59.1 Å². The highest BCUT2D eigenvalue weighted by Gasteiger charge is 2.41. The average Bonchev–Trinajstić information content (AvgIpc) is 3.78. The van der Waals surface area contributed by atoms with Crippen molar-refractivity contribution >= 4 is 77.0 Å². The smallest absolute Gasteiger partial charge is 0.326 e. The van der Waals surface area contributed by atoms with Gasteiger partial charge < -0.3 is 81.0 Å². The third-order valence-electron chi connectivity index (χ3n) is 11.7. The summed E-state index contributed by atoms with van der Waals surface area (Å²) >= 11 is 0. The lowest BCUT2D eigenvalue weighted by Gasteiger charge is -2.31. The van der Waals surface area contributed by atoms with Gasteiger partial charge in [-0.3, -0.25) is 57.7 Å². The molecule has 0 aliphatic carbocycles. The Hall–Kier alpha value is -7.13. The summed E-state index contributed by atoms with van der Waals surface area (Å²) < 4.78 is 0. The lowest BCUT2D eigenvalue weighted by Crippen LogP contribution is -2.61. The summed E-state index contributed by atoms with van der Waals surface area (Å²) in [5.74, 6) is -13.5. The molecule has 19 N–H and O–H groups in total. The van der Waals surface area contributed by atoms with Crippen LogP contribution in [-0.2, 0) is 57.5 Å². The Morgan fingerprint density at radius 3 is 1.53 bits per heavy atom. The van der Waals surface area contributed by atoms with E-state index in [-0.39, 0.29) is 75.3 Å². The SMILES string of the molecule is CC(C)C[C@H](NC(=O)[C@H](CC(C)C)NC(=O)[C@H](CCC(N)=O)NC(=O)[C@H](CC(=O)O)NC(=O)[C@@H]1CCCN1C(=O)[C@H](CC(N)=O)NC(=O)[C@@H](NC(=O)[C@H](CC(C)C)NC(=O)[C@@H](N)CCCN=C(N)N)C(C)C)C(=O)O. The van der Waals surface area contributed by atoms with Crippen LogP contribution in [0.5, 0.6) is 0 Å². The molecule has 0 unspecified atom stereocenters. The Kier molecular flexibility index (Phi) is 28.3. The Labute approximate surface area is 436 Å². The number of nitrogens with two attached hydrogens (primary N) is 5. The highest BCUT2D eigenvalue weighted by molar-refractivity contribution is 6.00. The summed E-state index contributed by atoms with van der Waals surface area (Å²) in [5, 5.41) is 36.7. The molecule has 0 bridgehead atoms. The Bertz CT molecular complexity index is 2060. The van der Waals surface area contributed by atoms with Gasteiger partial charge >= 0.3 is 11.9 Å². The van der Waals surface area contributed by atoms with Gasteiger partial charge in [-0.2, -0.15) is 0 Å². The molecule has 424 valence electrons. The highest BCUT2D eigenvalue weighted by Crippen LogP contribution is 2.21. The fourth-order valence-electron chi connectivity index (χ4n) is 8.01. The molecule has 0 aromatic heterocycles. The normalized spacial score (nSPS) is 16.5. The van der Waals surface area contributed by atoms with Crippen molar-refractivity contribution in [3.05, 3.63) is 0 Å². The number of rotatable bonds is 34. The van der Waals surface area contributed by atoms with Gasteiger partial charge in [0.15, 0.2) is 5.96 Å². The number of guanidine groups is 1. The van der Waals surface area contributed by atoms with Crippen molar-refractivity contribution < 1.29 is 67.7 Å². The number of carbonyl (C=O) groups is 12. The second kappa shape index (κ2) is 32.2. The third-order valence-corrected chi connectivity index (χ3v) is 11.7. The number of amides is 10. The van der Waals surface area contributed by atoms with E-state index in [1.807, 2.05) is 0 Å². The lowest BCUT2D eigenvalue weighted by molar-refractivity contribution is -0.144. The standard InChI is InChI=1S/C47H82N14O14/c1-22(2)17-28(40(68)59-32(46(74)75)19-24(5)6)56-39(67)27(13-14-34(49)62)54-41(69)30(21-36(64)65)57-43(71)33-12-10-16-61(33)45(73)31(20-35(50)63)58-44(72)37(25(7)8)60-42(70)29(18-23(3)4)55-38(66)26(48)11-9-15-53-47(51)52/h22-33,37H,9-21,48H2,1-8H3,(H2,49,62)(H2,50,63)(H,54,69)(H,55,66)(H,56,67)(H,57,71)(H,58,72)(H,59,68)(H,60,70)(H,64,65)(H,74,75)(H4,51,52,53)/t26-,27-,28-,29-,30-,31-,32-,33-,37-/m0/s1. The van der Waals surface area contributed by atoms with E-state index in [0.717, 1.165) is 4.90 Å². The minimum atomic E-state index is -1.91. The van der Waals surface area contributed by atoms with Gasteiger partial charge in [0.05, 0.1) is 18.9 Å². The number of aliphatic imine (C=N–C) groups is 1. The summed E-state index contributed by atoms with van der Waals surface area (Å²) in [4.78, 5) is 163. The maximum absolute atomic E-state index is 14.2. The molecule has 1 fully saturated rings. The van der Waals surface area contributed by atoms with E-state index in [2.05, 4.69) is 42.2 Å². The summed E-state index contributed by atoms with van der Waals surface area (Å²) in [6.45, 7) is 13.9. The zero-order valence-electron chi connectivity index (χ0n) is 44.3. The Morgan fingerprint density at radius 1 is 0.560 bits per heavy atom. The Morgan fingerprint density at radius 2 is 1.04 bits per heavy atom. The first kappa shape index (κ1) is 65.9. The number of carbonyl (C=O) groups excluding carboxylic acids is 10. The van der Waals surface area contributed by atoms with Crippen LogP contribution in [0, 0.1) is 23.7 Å². The minimum absolute atomic E-state index is 0.0106. The molecule has 1 rings (SSSR count). The Balaban J connectivity index is 3.40. The van der Waals surface area contributed by atoms with Crippen molar-refractivity contribution in [3.8, 4) is 0 Å². The molecule has 0 radical (unpaired) electrons. The van der Waals surface area contributed by atoms with Crippen molar-refractivity contribution in [3.63, 3.8) is 0 Å². The number of hydrogen-bond acceptors (Lipinski definition) is 14. The molecular weight excluding hydrogens is 985 g/mol. The zero-order valence-corrected chi connectivity index (χ0v) is 44.3. The van der Waals surface area contributed by atoms with Gasteiger partial charge in [-0.25, -0.2) is 4.79 Å². The van der Waals surface area contributed by atoms with Crippen LogP contribution in [0.3, 0.4) is 0 Å². The zero-order chi connectivity index (χ0) is 57.4. The first-order valence-electron chi connectivity index (χ1n) is 25.1. The number of primary amides is 2. The van der Waals surface area contributed by atoms with Gasteiger partial charge in [0.25, 0.3) is 0 Å². The van der Waals surface area contributed by atoms with Gasteiger partial charge in [-0.05, 0) is 75.0 Å². The first-order chi connectivity index (χ1) is 34.8. The van der Waals surface area contributed by atoms with Crippen molar-refractivity contribution in [2.24, 2.45) is 57.3 Å². The molecule has 0 aromatic carbocycles. The fourth-order valence-corrected chi connectivity index (χ4v) is 8.01. The largest absolute Gasteiger partial charge is 0.481 e. The van der Waals surface area contributed by atoms with E-state index in [1.165, 1.54) is 0 Å². The summed E-state index contributed by atoms with van der Waals surface area (Å²) in [5.41, 5.74) is 27.6. The van der Waals surface area contributed by atoms with E-state index in [9.17, 15) is 67.7 Å². The van der Waals surface area contributed by atoms with Gasteiger partial charge in [0, 0.05) is 19.5 Å². The van der Waals surface area contributed by atoms with Crippen LogP contribution in [-0.4, -0.2) is 160 Å². The molecule has 0 aromatic rings. The summed E-state index contributed by atoms with van der Waals surface area (Å²) in [7, 11) is 0. The van der Waals surface area contributed by atoms with Gasteiger partial charge in [-0.15, -0.1) is 0 Å². The highest BCUT2D eigenvalue weighted by atomic mass is 16.4. The van der Waals surface area contributed by atoms with Crippen molar-refractivity contribution in [2.45, 2.75) is 180 Å². The molecule has 10 amide bonds. The molecular formula is C47H82N14O14. The molecule has 1 heterocycles. The summed E-state index contributed by atoms with van der Waals surface area (Å²) in [6, 6.07) is -12.8.